The van der Waals surface area contributed by atoms with E-state index in [0.29, 0.717) is 12.1 Å². The second kappa shape index (κ2) is 5.50. The molecule has 1 aliphatic rings. The van der Waals surface area contributed by atoms with E-state index in [1.54, 1.807) is 11.3 Å². The molecule has 1 aromatic rings. The van der Waals surface area contributed by atoms with Crippen LogP contribution in [0.5, 0.6) is 0 Å². The molecule has 0 spiro atoms. The lowest BCUT2D eigenvalue weighted by atomic mass is 10.1. The standard InChI is InChI=1S/C12H19ClN2S/c1-3-10-7-15(9(2)6-14-10)8-11-4-5-12(13)16-11/h4-5,9-10,14H,3,6-8H2,1-2H3. The molecule has 2 rings (SSSR count). The number of halogens is 1. The summed E-state index contributed by atoms with van der Waals surface area (Å²) in [5, 5.41) is 3.58. The first kappa shape index (κ1) is 12.4. The van der Waals surface area contributed by atoms with Gasteiger partial charge in [0, 0.05) is 36.6 Å². The summed E-state index contributed by atoms with van der Waals surface area (Å²) in [6.45, 7) is 7.81. The Kier molecular flexibility index (Phi) is 4.25. The highest BCUT2D eigenvalue weighted by Gasteiger charge is 2.23. The van der Waals surface area contributed by atoms with E-state index < -0.39 is 0 Å². The summed E-state index contributed by atoms with van der Waals surface area (Å²) in [6.07, 6.45) is 1.20. The lowest BCUT2D eigenvalue weighted by Crippen LogP contribution is -2.54. The van der Waals surface area contributed by atoms with Crippen molar-refractivity contribution in [2.24, 2.45) is 0 Å². The number of nitrogens with zero attached hydrogens (tertiary/aromatic N) is 1. The highest BCUT2D eigenvalue weighted by molar-refractivity contribution is 7.16. The molecule has 90 valence electrons. The van der Waals surface area contributed by atoms with Crippen LogP contribution in [0.15, 0.2) is 12.1 Å². The van der Waals surface area contributed by atoms with Crippen LogP contribution in [-0.2, 0) is 6.54 Å². The van der Waals surface area contributed by atoms with E-state index in [2.05, 4.69) is 30.1 Å². The first-order chi connectivity index (χ1) is 7.69. The summed E-state index contributed by atoms with van der Waals surface area (Å²) < 4.78 is 0.893. The first-order valence-electron chi connectivity index (χ1n) is 5.90. The van der Waals surface area contributed by atoms with E-state index in [1.807, 2.05) is 6.07 Å². The van der Waals surface area contributed by atoms with Gasteiger partial charge in [0.05, 0.1) is 4.34 Å². The molecule has 1 fully saturated rings. The average molecular weight is 259 g/mol. The van der Waals surface area contributed by atoms with Crippen LogP contribution in [-0.4, -0.2) is 30.1 Å². The van der Waals surface area contributed by atoms with Crippen molar-refractivity contribution in [3.63, 3.8) is 0 Å². The third-order valence-corrected chi connectivity index (χ3v) is 4.48. The quantitative estimate of drug-likeness (QED) is 0.897. The Morgan fingerprint density at radius 1 is 1.56 bits per heavy atom. The molecular weight excluding hydrogens is 240 g/mol. The molecule has 0 aliphatic carbocycles. The lowest BCUT2D eigenvalue weighted by molar-refractivity contribution is 0.133. The summed E-state index contributed by atoms with van der Waals surface area (Å²) in [5.41, 5.74) is 0. The van der Waals surface area contributed by atoms with Crippen molar-refractivity contribution in [3.05, 3.63) is 21.3 Å². The molecule has 0 amide bonds. The van der Waals surface area contributed by atoms with E-state index in [-0.39, 0.29) is 0 Å². The van der Waals surface area contributed by atoms with Gasteiger partial charge in [-0.05, 0) is 25.5 Å². The molecule has 2 nitrogen and oxygen atoms in total. The predicted octanol–water partition coefficient (Wildman–Crippen LogP) is 2.97. The van der Waals surface area contributed by atoms with Crippen LogP contribution >= 0.6 is 22.9 Å². The van der Waals surface area contributed by atoms with Gasteiger partial charge in [0.1, 0.15) is 0 Å². The zero-order valence-electron chi connectivity index (χ0n) is 9.87. The zero-order chi connectivity index (χ0) is 11.5. The molecule has 1 saturated heterocycles. The normalized spacial score (nSPS) is 27.2. The highest BCUT2D eigenvalue weighted by Crippen LogP contribution is 2.24. The minimum atomic E-state index is 0.615. The third-order valence-electron chi connectivity index (χ3n) is 3.26. The molecule has 1 aliphatic heterocycles. The first-order valence-corrected chi connectivity index (χ1v) is 7.10. The third kappa shape index (κ3) is 2.98. The van der Waals surface area contributed by atoms with Gasteiger partial charge >= 0.3 is 0 Å². The molecule has 1 N–H and O–H groups in total. The summed E-state index contributed by atoms with van der Waals surface area (Å²) >= 11 is 7.65. The maximum absolute atomic E-state index is 5.96. The monoisotopic (exact) mass is 258 g/mol. The van der Waals surface area contributed by atoms with Crippen molar-refractivity contribution >= 4 is 22.9 Å². The van der Waals surface area contributed by atoms with E-state index in [9.17, 15) is 0 Å². The molecule has 16 heavy (non-hydrogen) atoms. The molecule has 2 heterocycles. The SMILES string of the molecule is CCC1CN(Cc2ccc(Cl)s2)C(C)CN1. The van der Waals surface area contributed by atoms with Crippen molar-refractivity contribution in [2.45, 2.75) is 38.9 Å². The number of hydrogen-bond donors (Lipinski definition) is 1. The van der Waals surface area contributed by atoms with E-state index >= 15 is 0 Å². The number of rotatable bonds is 3. The van der Waals surface area contributed by atoms with Crippen molar-refractivity contribution in [1.82, 2.24) is 10.2 Å². The molecule has 0 saturated carbocycles. The number of hydrogen-bond acceptors (Lipinski definition) is 3. The van der Waals surface area contributed by atoms with Crippen LogP contribution in [0.25, 0.3) is 0 Å². The number of nitrogens with one attached hydrogen (secondary N) is 1. The number of piperazine rings is 1. The van der Waals surface area contributed by atoms with Crippen molar-refractivity contribution in [3.8, 4) is 0 Å². The topological polar surface area (TPSA) is 15.3 Å². The molecule has 1 aromatic heterocycles. The lowest BCUT2D eigenvalue weighted by Gasteiger charge is -2.38. The fourth-order valence-electron chi connectivity index (χ4n) is 2.12. The molecule has 4 heteroatoms. The molecule has 0 bridgehead atoms. The van der Waals surface area contributed by atoms with Crippen LogP contribution in [0, 0.1) is 0 Å². The Morgan fingerprint density at radius 2 is 2.38 bits per heavy atom. The number of thiophene rings is 1. The molecule has 0 aromatic carbocycles. The van der Waals surface area contributed by atoms with Gasteiger partial charge in [0.2, 0.25) is 0 Å². The Morgan fingerprint density at radius 3 is 3.00 bits per heavy atom. The van der Waals surface area contributed by atoms with Gasteiger partial charge in [-0.25, -0.2) is 0 Å². The molecule has 2 unspecified atom stereocenters. The average Bonchev–Trinajstić information content (AvgIpc) is 2.67. The fourth-order valence-corrected chi connectivity index (χ4v) is 3.24. The summed E-state index contributed by atoms with van der Waals surface area (Å²) in [4.78, 5) is 3.92. The van der Waals surface area contributed by atoms with E-state index in [4.69, 9.17) is 11.6 Å². The fraction of sp³-hybridized carbons (Fsp3) is 0.667. The highest BCUT2D eigenvalue weighted by atomic mass is 35.5. The molecular formula is C12H19ClN2S. The van der Waals surface area contributed by atoms with Gasteiger partial charge in [-0.15, -0.1) is 11.3 Å². The van der Waals surface area contributed by atoms with Gasteiger partial charge in [-0.3, -0.25) is 4.90 Å². The van der Waals surface area contributed by atoms with Crippen molar-refractivity contribution in [2.75, 3.05) is 13.1 Å². The molecule has 0 radical (unpaired) electrons. The second-order valence-corrected chi connectivity index (χ2v) is 6.30. The Labute approximate surface area is 107 Å². The molecule has 2 atom stereocenters. The van der Waals surface area contributed by atoms with E-state index in [0.717, 1.165) is 24.0 Å². The van der Waals surface area contributed by atoms with Gasteiger partial charge in [-0.2, -0.15) is 0 Å². The van der Waals surface area contributed by atoms with Crippen LogP contribution in [0.4, 0.5) is 0 Å². The Bertz CT molecular complexity index is 340. The minimum absolute atomic E-state index is 0.615. The van der Waals surface area contributed by atoms with Gasteiger partial charge < -0.3 is 5.32 Å². The van der Waals surface area contributed by atoms with Gasteiger partial charge in [0.15, 0.2) is 0 Å². The zero-order valence-corrected chi connectivity index (χ0v) is 11.4. The maximum Gasteiger partial charge on any atom is 0.0931 e. The summed E-state index contributed by atoms with van der Waals surface area (Å²) in [6, 6.07) is 5.39. The van der Waals surface area contributed by atoms with Crippen LogP contribution in [0.2, 0.25) is 4.34 Å². The Balaban J connectivity index is 1.96. The van der Waals surface area contributed by atoms with Crippen LogP contribution < -0.4 is 5.32 Å². The van der Waals surface area contributed by atoms with Crippen molar-refractivity contribution in [1.29, 1.82) is 0 Å². The summed E-state index contributed by atoms with van der Waals surface area (Å²) in [5.74, 6) is 0. The smallest absolute Gasteiger partial charge is 0.0931 e. The van der Waals surface area contributed by atoms with Crippen molar-refractivity contribution < 1.29 is 0 Å². The largest absolute Gasteiger partial charge is 0.311 e. The van der Waals surface area contributed by atoms with E-state index in [1.165, 1.54) is 11.3 Å². The second-order valence-electron chi connectivity index (χ2n) is 4.50. The van der Waals surface area contributed by atoms with Crippen LogP contribution in [0.1, 0.15) is 25.1 Å². The van der Waals surface area contributed by atoms with Crippen LogP contribution in [0.3, 0.4) is 0 Å². The summed E-state index contributed by atoms with van der Waals surface area (Å²) in [7, 11) is 0. The van der Waals surface area contributed by atoms with Gasteiger partial charge in [0.25, 0.3) is 0 Å². The predicted molar refractivity (Wildman–Crippen MR) is 71.3 cm³/mol. The Hall–Kier alpha value is -0.0900. The van der Waals surface area contributed by atoms with Gasteiger partial charge in [-0.1, -0.05) is 18.5 Å². The minimum Gasteiger partial charge on any atom is -0.311 e. The maximum atomic E-state index is 5.96.